The van der Waals surface area contributed by atoms with Crippen molar-refractivity contribution in [2.45, 2.75) is 13.0 Å². The zero-order valence-corrected chi connectivity index (χ0v) is 22.6. The summed E-state index contributed by atoms with van der Waals surface area (Å²) in [6, 6.07) is 20.8. The van der Waals surface area contributed by atoms with Gasteiger partial charge in [-0.1, -0.05) is 65.6 Å². The van der Waals surface area contributed by atoms with Crippen molar-refractivity contribution >= 4 is 68.6 Å². The predicted octanol–water partition coefficient (Wildman–Crippen LogP) is 8.30. The van der Waals surface area contributed by atoms with Crippen LogP contribution in [0.5, 0.6) is 0 Å². The molecule has 0 amide bonds. The number of aromatic nitrogens is 1. The maximum absolute atomic E-state index is 10.8. The van der Waals surface area contributed by atoms with E-state index in [4.69, 9.17) is 44.9 Å². The SMILES string of the molecule is C=C=C(NCCC(=O)O)c1ccc(N(Cc2cc(Cl)cc(Cl)c2)c2nc(-c3ccc(Cl)cc3)cs2)cc1. The molecule has 5 nitrogen and oxygen atoms in total. The Bertz CT molecular complexity index is 1430. The molecule has 0 spiro atoms. The number of nitrogens with zero attached hydrogens (tertiary/aromatic N) is 2. The quantitative estimate of drug-likeness (QED) is 0.188. The van der Waals surface area contributed by atoms with Crippen molar-refractivity contribution in [3.8, 4) is 11.3 Å². The van der Waals surface area contributed by atoms with E-state index in [2.05, 4.69) is 22.5 Å². The Morgan fingerprint density at radius 1 is 1.00 bits per heavy atom. The lowest BCUT2D eigenvalue weighted by molar-refractivity contribution is -0.136. The van der Waals surface area contributed by atoms with Gasteiger partial charge in [0.25, 0.3) is 0 Å². The molecule has 1 aromatic heterocycles. The second kappa shape index (κ2) is 12.3. The van der Waals surface area contributed by atoms with Gasteiger partial charge in [0.2, 0.25) is 0 Å². The Kier molecular flexibility index (Phi) is 8.93. The first-order valence-electron chi connectivity index (χ1n) is 11.2. The van der Waals surface area contributed by atoms with Crippen LogP contribution >= 0.6 is 46.1 Å². The number of hydrogen-bond donors (Lipinski definition) is 2. The summed E-state index contributed by atoms with van der Waals surface area (Å²) in [6.45, 7) is 4.50. The minimum Gasteiger partial charge on any atom is -0.481 e. The second-order valence-corrected chi connectivity index (χ2v) is 10.2. The lowest BCUT2D eigenvalue weighted by Gasteiger charge is -2.23. The van der Waals surface area contributed by atoms with E-state index in [1.807, 2.05) is 66.0 Å². The van der Waals surface area contributed by atoms with Crippen molar-refractivity contribution in [3.63, 3.8) is 0 Å². The molecule has 4 rings (SSSR count). The normalized spacial score (nSPS) is 10.6. The Morgan fingerprint density at radius 2 is 1.68 bits per heavy atom. The first-order chi connectivity index (χ1) is 17.8. The summed E-state index contributed by atoms with van der Waals surface area (Å²) in [5.74, 6) is -0.871. The molecule has 4 aromatic rings. The van der Waals surface area contributed by atoms with Gasteiger partial charge in [-0.15, -0.1) is 17.1 Å². The monoisotopic (exact) mass is 569 g/mol. The molecule has 0 unspecified atom stereocenters. The van der Waals surface area contributed by atoms with E-state index >= 15 is 0 Å². The lowest BCUT2D eigenvalue weighted by Crippen LogP contribution is -2.17. The van der Waals surface area contributed by atoms with Crippen molar-refractivity contribution in [1.29, 1.82) is 0 Å². The van der Waals surface area contributed by atoms with E-state index in [1.54, 1.807) is 6.07 Å². The second-order valence-electron chi connectivity index (χ2n) is 8.06. The summed E-state index contributed by atoms with van der Waals surface area (Å²) in [7, 11) is 0. The van der Waals surface area contributed by atoms with Crippen molar-refractivity contribution in [2.75, 3.05) is 11.4 Å². The van der Waals surface area contributed by atoms with Gasteiger partial charge in [-0.3, -0.25) is 4.79 Å². The molecule has 9 heteroatoms. The number of nitrogens with one attached hydrogen (secondary N) is 1. The van der Waals surface area contributed by atoms with E-state index < -0.39 is 5.97 Å². The molecule has 0 atom stereocenters. The number of hydrogen-bond acceptors (Lipinski definition) is 5. The number of carboxylic acid groups (broad SMARTS) is 1. The van der Waals surface area contributed by atoms with Crippen LogP contribution in [0.2, 0.25) is 15.1 Å². The van der Waals surface area contributed by atoms with Crippen LogP contribution in [-0.2, 0) is 11.3 Å². The number of carbonyl (C=O) groups is 1. The molecule has 0 radical (unpaired) electrons. The Labute approximate surface area is 234 Å². The van der Waals surface area contributed by atoms with Crippen LogP contribution in [0.15, 0.2) is 84.4 Å². The van der Waals surface area contributed by atoms with E-state index in [9.17, 15) is 4.79 Å². The Balaban J connectivity index is 1.65. The van der Waals surface area contributed by atoms with Crippen LogP contribution in [0, 0.1) is 0 Å². The molecule has 0 aliphatic rings. The van der Waals surface area contributed by atoms with E-state index in [0.717, 1.165) is 33.2 Å². The molecule has 0 aliphatic carbocycles. The largest absolute Gasteiger partial charge is 0.481 e. The number of benzene rings is 3. The molecule has 188 valence electrons. The number of rotatable bonds is 10. The van der Waals surface area contributed by atoms with Crippen LogP contribution in [0.1, 0.15) is 17.5 Å². The number of anilines is 2. The minimum atomic E-state index is -0.871. The van der Waals surface area contributed by atoms with Gasteiger partial charge in [0.05, 0.1) is 24.4 Å². The van der Waals surface area contributed by atoms with Crippen LogP contribution < -0.4 is 10.2 Å². The molecule has 0 aliphatic heterocycles. The standard InChI is InChI=1S/C28H22Cl3N3O2S/c1-2-25(32-12-11-27(35)36)19-5-9-24(10-6-19)34(16-18-13-22(30)15-23(31)14-18)28-33-26(17-37-28)20-3-7-21(29)8-4-20/h3-10,13-15,17,32H,1,11-12,16H2,(H,35,36). The topological polar surface area (TPSA) is 65.5 Å². The highest BCUT2D eigenvalue weighted by Crippen LogP contribution is 2.35. The van der Waals surface area contributed by atoms with Crippen LogP contribution in [0.3, 0.4) is 0 Å². The predicted molar refractivity (Wildman–Crippen MR) is 154 cm³/mol. The molecule has 0 bridgehead atoms. The maximum Gasteiger partial charge on any atom is 0.305 e. The Hall–Kier alpha value is -3.25. The van der Waals surface area contributed by atoms with E-state index in [-0.39, 0.29) is 13.0 Å². The van der Waals surface area contributed by atoms with Gasteiger partial charge in [0.1, 0.15) is 0 Å². The fourth-order valence-electron chi connectivity index (χ4n) is 3.66. The van der Waals surface area contributed by atoms with Gasteiger partial charge >= 0.3 is 5.97 Å². The first kappa shape index (κ1) is 26.8. The van der Waals surface area contributed by atoms with Crippen molar-refractivity contribution < 1.29 is 9.90 Å². The minimum absolute atomic E-state index is 0.000758. The zero-order chi connectivity index (χ0) is 26.4. The molecular formula is C28H22Cl3N3O2S. The van der Waals surface area contributed by atoms with Gasteiger partial charge in [-0.2, -0.15) is 0 Å². The number of carboxylic acids is 1. The third kappa shape index (κ3) is 7.16. The average molecular weight is 571 g/mol. The average Bonchev–Trinajstić information content (AvgIpc) is 3.35. The summed E-state index contributed by atoms with van der Waals surface area (Å²) < 4.78 is 0. The third-order valence-corrected chi connectivity index (χ3v) is 6.96. The smallest absolute Gasteiger partial charge is 0.305 e. The summed E-state index contributed by atoms with van der Waals surface area (Å²) in [5.41, 5.74) is 8.00. The number of halogens is 3. The van der Waals surface area contributed by atoms with Crippen LogP contribution in [-0.4, -0.2) is 22.6 Å². The summed E-state index contributed by atoms with van der Waals surface area (Å²) >= 11 is 20.1. The van der Waals surface area contributed by atoms with Crippen molar-refractivity contribution in [1.82, 2.24) is 10.3 Å². The summed E-state index contributed by atoms with van der Waals surface area (Å²) in [6.07, 6.45) is -0.000758. The van der Waals surface area contributed by atoms with Crippen LogP contribution in [0.4, 0.5) is 10.8 Å². The van der Waals surface area contributed by atoms with Gasteiger partial charge in [0.15, 0.2) is 5.13 Å². The fraction of sp³-hybridized carbons (Fsp3) is 0.107. The fourth-order valence-corrected chi connectivity index (χ4v) is 5.22. The number of aliphatic carboxylic acids is 1. The highest BCUT2D eigenvalue weighted by molar-refractivity contribution is 7.14. The van der Waals surface area contributed by atoms with Gasteiger partial charge < -0.3 is 15.3 Å². The van der Waals surface area contributed by atoms with Crippen molar-refractivity contribution in [3.05, 3.63) is 111 Å². The highest BCUT2D eigenvalue weighted by atomic mass is 35.5. The molecule has 0 saturated carbocycles. The van der Waals surface area contributed by atoms with Gasteiger partial charge in [-0.25, -0.2) is 4.98 Å². The molecule has 0 fully saturated rings. The van der Waals surface area contributed by atoms with E-state index in [0.29, 0.717) is 27.3 Å². The van der Waals surface area contributed by atoms with Crippen LogP contribution in [0.25, 0.3) is 17.0 Å². The number of thiazole rings is 1. The van der Waals surface area contributed by atoms with Crippen molar-refractivity contribution in [2.24, 2.45) is 0 Å². The van der Waals surface area contributed by atoms with Gasteiger partial charge in [-0.05, 0) is 48.0 Å². The van der Waals surface area contributed by atoms with E-state index in [1.165, 1.54) is 11.3 Å². The summed E-state index contributed by atoms with van der Waals surface area (Å²) in [5, 5.41) is 16.6. The van der Waals surface area contributed by atoms with Gasteiger partial charge in [0, 0.05) is 43.8 Å². The molecule has 0 saturated heterocycles. The molecule has 2 N–H and O–H groups in total. The third-order valence-electron chi connectivity index (χ3n) is 5.41. The Morgan fingerprint density at radius 3 is 2.30 bits per heavy atom. The molecule has 3 aromatic carbocycles. The molecular weight excluding hydrogens is 549 g/mol. The summed E-state index contributed by atoms with van der Waals surface area (Å²) in [4.78, 5) is 17.8. The molecule has 1 heterocycles. The zero-order valence-electron chi connectivity index (χ0n) is 19.5. The first-order valence-corrected chi connectivity index (χ1v) is 13.2. The maximum atomic E-state index is 10.8. The lowest BCUT2D eigenvalue weighted by atomic mass is 10.1. The molecule has 37 heavy (non-hydrogen) atoms. The highest BCUT2D eigenvalue weighted by Gasteiger charge is 2.17.